The summed E-state index contributed by atoms with van der Waals surface area (Å²) in [5, 5.41) is 1.28. The molecule has 2 aliphatic heterocycles. The topological polar surface area (TPSA) is 21.7 Å². The molecule has 0 amide bonds. The van der Waals surface area contributed by atoms with Gasteiger partial charge in [-0.3, -0.25) is 4.90 Å². The van der Waals surface area contributed by atoms with Crippen LogP contribution < -0.4 is 0 Å². The summed E-state index contributed by atoms with van der Waals surface area (Å²) in [5.41, 5.74) is 1.32. The molecule has 23 heavy (non-hydrogen) atoms. The lowest BCUT2D eigenvalue weighted by Gasteiger charge is -2.44. The lowest BCUT2D eigenvalue weighted by atomic mass is 9.92. The van der Waals surface area contributed by atoms with Crippen LogP contribution in [-0.4, -0.2) is 50.0 Å². The van der Waals surface area contributed by atoms with Crippen LogP contribution in [0.15, 0.2) is 18.2 Å². The van der Waals surface area contributed by atoms with E-state index in [0.717, 1.165) is 58.7 Å². The zero-order chi connectivity index (χ0) is 16.1. The summed E-state index contributed by atoms with van der Waals surface area (Å²) in [6.45, 7) is 5.79. The SMILES string of the molecule is Clc1ccc(CCCCN2CCOC3(CCOCC3)C2)cc1Cl. The van der Waals surface area contributed by atoms with E-state index in [0.29, 0.717) is 10.0 Å². The minimum atomic E-state index is 0.0558. The quantitative estimate of drug-likeness (QED) is 0.737. The molecule has 0 unspecified atom stereocenters. The van der Waals surface area contributed by atoms with Crippen molar-refractivity contribution in [1.82, 2.24) is 4.90 Å². The molecule has 0 aromatic heterocycles. The van der Waals surface area contributed by atoms with Gasteiger partial charge in [-0.2, -0.15) is 0 Å². The smallest absolute Gasteiger partial charge is 0.0853 e. The van der Waals surface area contributed by atoms with Crippen molar-refractivity contribution in [2.24, 2.45) is 0 Å². The van der Waals surface area contributed by atoms with Crippen LogP contribution in [0.25, 0.3) is 0 Å². The molecular formula is C18H25Cl2NO2. The normalized spacial score (nSPS) is 21.7. The Morgan fingerprint density at radius 3 is 2.65 bits per heavy atom. The van der Waals surface area contributed by atoms with Crippen molar-refractivity contribution in [1.29, 1.82) is 0 Å². The van der Waals surface area contributed by atoms with Crippen LogP contribution in [0.1, 0.15) is 31.2 Å². The first-order chi connectivity index (χ1) is 11.2. The molecule has 5 heteroatoms. The van der Waals surface area contributed by atoms with E-state index in [4.69, 9.17) is 32.7 Å². The van der Waals surface area contributed by atoms with Gasteiger partial charge in [-0.15, -0.1) is 0 Å². The third-order valence-corrected chi connectivity index (χ3v) is 5.64. The molecule has 3 rings (SSSR count). The molecule has 3 nitrogen and oxygen atoms in total. The van der Waals surface area contributed by atoms with Gasteiger partial charge in [0.1, 0.15) is 0 Å². The highest BCUT2D eigenvalue weighted by molar-refractivity contribution is 6.42. The van der Waals surface area contributed by atoms with Crippen LogP contribution in [-0.2, 0) is 15.9 Å². The Bertz CT molecular complexity index is 512. The Hall–Kier alpha value is -0.320. The van der Waals surface area contributed by atoms with E-state index < -0.39 is 0 Å². The van der Waals surface area contributed by atoms with Gasteiger partial charge in [-0.1, -0.05) is 29.3 Å². The van der Waals surface area contributed by atoms with Crippen molar-refractivity contribution < 1.29 is 9.47 Å². The van der Waals surface area contributed by atoms with E-state index in [9.17, 15) is 0 Å². The predicted molar refractivity (Wildman–Crippen MR) is 94.6 cm³/mol. The van der Waals surface area contributed by atoms with Crippen molar-refractivity contribution in [3.05, 3.63) is 33.8 Å². The second kappa shape index (κ2) is 8.17. The molecular weight excluding hydrogens is 333 g/mol. The molecule has 1 aromatic carbocycles. The van der Waals surface area contributed by atoms with Gasteiger partial charge in [0.05, 0.1) is 22.3 Å². The van der Waals surface area contributed by atoms with Crippen LogP contribution >= 0.6 is 23.2 Å². The number of aryl methyl sites for hydroxylation is 1. The first-order valence-corrected chi connectivity index (χ1v) is 9.30. The van der Waals surface area contributed by atoms with E-state index in [1.165, 1.54) is 18.4 Å². The number of rotatable bonds is 5. The zero-order valence-corrected chi connectivity index (χ0v) is 15.0. The predicted octanol–water partition coefficient (Wildman–Crippen LogP) is 4.20. The highest BCUT2D eigenvalue weighted by Gasteiger charge is 2.37. The maximum atomic E-state index is 6.09. The van der Waals surface area contributed by atoms with Crippen molar-refractivity contribution in [2.75, 3.05) is 39.5 Å². The highest BCUT2D eigenvalue weighted by Crippen LogP contribution is 2.29. The van der Waals surface area contributed by atoms with Gasteiger partial charge in [0.2, 0.25) is 0 Å². The molecule has 2 heterocycles. The second-order valence-corrected chi connectivity index (χ2v) is 7.44. The van der Waals surface area contributed by atoms with Gasteiger partial charge in [0, 0.05) is 39.1 Å². The Kier molecular flexibility index (Phi) is 6.22. The number of hydrogen-bond acceptors (Lipinski definition) is 3. The van der Waals surface area contributed by atoms with Crippen molar-refractivity contribution >= 4 is 23.2 Å². The van der Waals surface area contributed by atoms with Gasteiger partial charge >= 0.3 is 0 Å². The Morgan fingerprint density at radius 1 is 1.04 bits per heavy atom. The van der Waals surface area contributed by atoms with E-state index in [-0.39, 0.29) is 5.60 Å². The number of halogens is 2. The standard InChI is InChI=1S/C18H25Cl2NO2/c19-16-5-4-15(13-17(16)20)3-1-2-8-21-9-12-23-18(14-21)6-10-22-11-7-18/h4-5,13H,1-3,6-12,14H2. The number of benzene rings is 1. The Morgan fingerprint density at radius 2 is 1.87 bits per heavy atom. The number of unbranched alkanes of at least 4 members (excludes halogenated alkanes) is 1. The molecule has 2 saturated heterocycles. The summed E-state index contributed by atoms with van der Waals surface area (Å²) >= 11 is 12.0. The summed E-state index contributed by atoms with van der Waals surface area (Å²) < 4.78 is 11.6. The summed E-state index contributed by atoms with van der Waals surface area (Å²) in [4.78, 5) is 2.56. The first-order valence-electron chi connectivity index (χ1n) is 8.55. The molecule has 0 bridgehead atoms. The van der Waals surface area contributed by atoms with Crippen LogP contribution in [0, 0.1) is 0 Å². The zero-order valence-electron chi connectivity index (χ0n) is 13.5. The molecule has 0 N–H and O–H groups in total. The average molecular weight is 358 g/mol. The number of ether oxygens (including phenoxy) is 2. The third kappa shape index (κ3) is 4.83. The lowest BCUT2D eigenvalue weighted by Crippen LogP contribution is -2.54. The van der Waals surface area contributed by atoms with Crippen LogP contribution in [0.3, 0.4) is 0 Å². The fraction of sp³-hybridized carbons (Fsp3) is 0.667. The van der Waals surface area contributed by atoms with Gasteiger partial charge in [0.25, 0.3) is 0 Å². The summed E-state index contributed by atoms with van der Waals surface area (Å²) in [6.07, 6.45) is 5.50. The number of hydrogen-bond donors (Lipinski definition) is 0. The van der Waals surface area contributed by atoms with Crippen LogP contribution in [0.5, 0.6) is 0 Å². The van der Waals surface area contributed by atoms with E-state index >= 15 is 0 Å². The molecule has 0 aliphatic carbocycles. The van der Waals surface area contributed by atoms with Gasteiger partial charge in [0.15, 0.2) is 0 Å². The third-order valence-electron chi connectivity index (χ3n) is 4.91. The fourth-order valence-electron chi connectivity index (χ4n) is 3.52. The number of morpholine rings is 1. The summed E-state index contributed by atoms with van der Waals surface area (Å²) in [5.74, 6) is 0. The second-order valence-electron chi connectivity index (χ2n) is 6.63. The lowest BCUT2D eigenvalue weighted by molar-refractivity contribution is -0.153. The average Bonchev–Trinajstić information content (AvgIpc) is 2.56. The maximum Gasteiger partial charge on any atom is 0.0853 e. The van der Waals surface area contributed by atoms with E-state index in [1.807, 2.05) is 12.1 Å². The molecule has 0 atom stereocenters. The van der Waals surface area contributed by atoms with Crippen LogP contribution in [0.4, 0.5) is 0 Å². The minimum Gasteiger partial charge on any atom is -0.381 e. The molecule has 2 aliphatic rings. The van der Waals surface area contributed by atoms with Crippen LogP contribution in [0.2, 0.25) is 10.0 Å². The van der Waals surface area contributed by atoms with Gasteiger partial charge in [-0.05, 0) is 43.5 Å². The van der Waals surface area contributed by atoms with Gasteiger partial charge < -0.3 is 9.47 Å². The molecule has 1 aromatic rings. The van der Waals surface area contributed by atoms with Crippen molar-refractivity contribution in [2.45, 2.75) is 37.7 Å². The molecule has 0 radical (unpaired) electrons. The first kappa shape index (κ1) is 17.5. The van der Waals surface area contributed by atoms with Crippen molar-refractivity contribution in [3.63, 3.8) is 0 Å². The van der Waals surface area contributed by atoms with Gasteiger partial charge in [-0.25, -0.2) is 0 Å². The molecule has 2 fully saturated rings. The highest BCUT2D eigenvalue weighted by atomic mass is 35.5. The summed E-state index contributed by atoms with van der Waals surface area (Å²) in [7, 11) is 0. The van der Waals surface area contributed by atoms with Crippen molar-refractivity contribution in [3.8, 4) is 0 Å². The maximum absolute atomic E-state index is 6.09. The Balaban J connectivity index is 1.40. The van der Waals surface area contributed by atoms with E-state index in [1.54, 1.807) is 0 Å². The van der Waals surface area contributed by atoms with E-state index in [2.05, 4.69) is 11.0 Å². The molecule has 0 saturated carbocycles. The summed E-state index contributed by atoms with van der Waals surface area (Å²) in [6, 6.07) is 5.94. The minimum absolute atomic E-state index is 0.0558. The largest absolute Gasteiger partial charge is 0.381 e. The molecule has 1 spiro atoms. The monoisotopic (exact) mass is 357 g/mol. The molecule has 128 valence electrons. The number of nitrogens with zero attached hydrogens (tertiary/aromatic N) is 1. The fourth-order valence-corrected chi connectivity index (χ4v) is 3.84. The Labute approximate surface area is 148 Å².